The number of rotatable bonds is 5. The first-order chi connectivity index (χ1) is 15.9. The number of benzene rings is 1. The van der Waals surface area contributed by atoms with Crippen molar-refractivity contribution in [3.63, 3.8) is 0 Å². The van der Waals surface area contributed by atoms with Gasteiger partial charge < -0.3 is 19.9 Å². The Bertz CT molecular complexity index is 950. The normalized spacial score (nSPS) is 21.7. The molecule has 0 aliphatic carbocycles. The average Bonchev–Trinajstić information content (AvgIpc) is 3.14. The molecule has 3 rings (SSSR count). The van der Waals surface area contributed by atoms with Crippen molar-refractivity contribution in [3.05, 3.63) is 35.1 Å². The van der Waals surface area contributed by atoms with Gasteiger partial charge in [0.05, 0.1) is 0 Å². The number of halogens is 3. The lowest BCUT2D eigenvalue weighted by atomic mass is 10.0. The highest BCUT2D eigenvalue weighted by Crippen LogP contribution is 2.26. The van der Waals surface area contributed by atoms with Gasteiger partial charge in [-0.15, -0.1) is 0 Å². The summed E-state index contributed by atoms with van der Waals surface area (Å²) in [6.45, 7) is 7.72. The third-order valence-corrected chi connectivity index (χ3v) is 6.21. The van der Waals surface area contributed by atoms with E-state index in [0.717, 1.165) is 12.8 Å². The van der Waals surface area contributed by atoms with Gasteiger partial charge in [-0.2, -0.15) is 0 Å². The Balaban J connectivity index is 1.78. The lowest BCUT2D eigenvalue weighted by Crippen LogP contribution is -2.49. The number of amides is 3. The molecule has 0 bridgehead atoms. The van der Waals surface area contributed by atoms with E-state index >= 15 is 0 Å². The van der Waals surface area contributed by atoms with Crippen LogP contribution in [0, 0.1) is 17.5 Å². The summed E-state index contributed by atoms with van der Waals surface area (Å²) >= 11 is 0. The van der Waals surface area contributed by atoms with E-state index in [4.69, 9.17) is 4.74 Å². The van der Waals surface area contributed by atoms with Gasteiger partial charge in [-0.3, -0.25) is 9.59 Å². The van der Waals surface area contributed by atoms with Crippen molar-refractivity contribution in [1.82, 2.24) is 15.1 Å². The second-order valence-corrected chi connectivity index (χ2v) is 9.99. The van der Waals surface area contributed by atoms with Crippen LogP contribution in [0.25, 0.3) is 0 Å². The second-order valence-electron chi connectivity index (χ2n) is 9.99. The highest BCUT2D eigenvalue weighted by Gasteiger charge is 2.39. The van der Waals surface area contributed by atoms with Crippen molar-refractivity contribution in [2.75, 3.05) is 13.1 Å². The Morgan fingerprint density at radius 1 is 1.12 bits per heavy atom. The minimum atomic E-state index is -1.33. The maximum Gasteiger partial charge on any atom is 0.407 e. The Morgan fingerprint density at radius 2 is 1.79 bits per heavy atom. The zero-order valence-electron chi connectivity index (χ0n) is 20.0. The summed E-state index contributed by atoms with van der Waals surface area (Å²) in [6, 6.07) is -0.379. The second kappa shape index (κ2) is 10.2. The van der Waals surface area contributed by atoms with E-state index in [0.29, 0.717) is 31.6 Å². The molecule has 2 aliphatic heterocycles. The number of ether oxygens (including phenoxy) is 1. The van der Waals surface area contributed by atoms with Gasteiger partial charge >= 0.3 is 6.09 Å². The first-order valence-corrected chi connectivity index (χ1v) is 11.6. The van der Waals surface area contributed by atoms with Crippen LogP contribution in [0.15, 0.2) is 12.1 Å². The summed E-state index contributed by atoms with van der Waals surface area (Å²) in [4.78, 5) is 41.8. The van der Waals surface area contributed by atoms with E-state index < -0.39 is 47.1 Å². The van der Waals surface area contributed by atoms with Crippen LogP contribution in [0.5, 0.6) is 0 Å². The molecule has 10 heteroatoms. The largest absolute Gasteiger partial charge is 0.444 e. The smallest absolute Gasteiger partial charge is 0.407 e. The van der Waals surface area contributed by atoms with Crippen LogP contribution < -0.4 is 5.32 Å². The summed E-state index contributed by atoms with van der Waals surface area (Å²) in [6.07, 6.45) is 1.15. The molecule has 3 amide bonds. The SMILES string of the molecule is C[C@@H]1C(=O)N2CCC[C@@H]2CCN1C(=O)C[C@@H](Cc1cc(F)c(F)cc1F)NC(=O)OC(C)(C)C. The first kappa shape index (κ1) is 25.8. The average molecular weight is 484 g/mol. The van der Waals surface area contributed by atoms with Gasteiger partial charge in [0.15, 0.2) is 11.6 Å². The van der Waals surface area contributed by atoms with Crippen LogP contribution in [-0.4, -0.2) is 64.5 Å². The van der Waals surface area contributed by atoms with Gasteiger partial charge in [0.25, 0.3) is 0 Å². The summed E-state index contributed by atoms with van der Waals surface area (Å²) in [5, 5.41) is 2.55. The molecule has 34 heavy (non-hydrogen) atoms. The highest BCUT2D eigenvalue weighted by molar-refractivity contribution is 5.88. The molecule has 1 N–H and O–H groups in total. The number of hydrogen-bond donors (Lipinski definition) is 1. The summed E-state index contributed by atoms with van der Waals surface area (Å²) < 4.78 is 46.6. The van der Waals surface area contributed by atoms with Gasteiger partial charge in [-0.1, -0.05) is 0 Å². The predicted octanol–water partition coefficient (Wildman–Crippen LogP) is 3.54. The number of alkyl carbamates (subject to hydrolysis) is 1. The zero-order chi connectivity index (χ0) is 25.2. The Labute approximate surface area is 197 Å². The van der Waals surface area contributed by atoms with Crippen LogP contribution in [-0.2, 0) is 20.7 Å². The topological polar surface area (TPSA) is 79.0 Å². The lowest BCUT2D eigenvalue weighted by molar-refractivity contribution is -0.143. The van der Waals surface area contributed by atoms with Crippen molar-refractivity contribution in [2.45, 2.75) is 83.5 Å². The van der Waals surface area contributed by atoms with E-state index in [9.17, 15) is 27.6 Å². The third-order valence-electron chi connectivity index (χ3n) is 6.21. The monoisotopic (exact) mass is 483 g/mol. The van der Waals surface area contributed by atoms with Crippen molar-refractivity contribution < 1.29 is 32.3 Å². The molecule has 2 heterocycles. The Morgan fingerprint density at radius 3 is 2.47 bits per heavy atom. The van der Waals surface area contributed by atoms with Crippen molar-refractivity contribution in [2.24, 2.45) is 0 Å². The molecule has 7 nitrogen and oxygen atoms in total. The number of hydrogen-bond acceptors (Lipinski definition) is 4. The zero-order valence-corrected chi connectivity index (χ0v) is 20.0. The number of nitrogens with one attached hydrogen (secondary N) is 1. The molecule has 3 atom stereocenters. The molecule has 0 spiro atoms. The van der Waals surface area contributed by atoms with Crippen molar-refractivity contribution in [3.8, 4) is 0 Å². The van der Waals surface area contributed by atoms with E-state index in [2.05, 4.69) is 5.32 Å². The lowest BCUT2D eigenvalue weighted by Gasteiger charge is -2.30. The van der Waals surface area contributed by atoms with E-state index in [-0.39, 0.29) is 30.4 Å². The molecule has 2 aliphatic rings. The van der Waals surface area contributed by atoms with Crippen LogP contribution >= 0.6 is 0 Å². The standard InChI is InChI=1S/C24H32F3N3O4/c1-14-22(32)30-8-5-6-17(30)7-9-29(14)21(31)12-16(28-23(33)34-24(2,3)4)10-15-11-19(26)20(27)13-18(15)25/h11,13-14,16-17H,5-10,12H2,1-4H3,(H,28,33)/t14-,16-,17-/m1/s1. The fourth-order valence-electron chi connectivity index (χ4n) is 4.58. The molecular formula is C24H32F3N3O4. The van der Waals surface area contributed by atoms with E-state index in [1.807, 2.05) is 4.90 Å². The van der Waals surface area contributed by atoms with Gasteiger partial charge in [0.1, 0.15) is 17.5 Å². The minimum absolute atomic E-state index is 0.111. The number of nitrogens with zero attached hydrogens (tertiary/aromatic N) is 2. The molecular weight excluding hydrogens is 451 g/mol. The molecule has 0 radical (unpaired) electrons. The number of carbonyl (C=O) groups is 3. The van der Waals surface area contributed by atoms with Gasteiger partial charge in [0.2, 0.25) is 11.8 Å². The molecule has 0 aromatic heterocycles. The molecule has 0 saturated carbocycles. The Hall–Kier alpha value is -2.78. The molecule has 1 aromatic carbocycles. The highest BCUT2D eigenvalue weighted by atomic mass is 19.2. The van der Waals surface area contributed by atoms with Gasteiger partial charge in [-0.05, 0) is 65.0 Å². The van der Waals surface area contributed by atoms with Crippen molar-refractivity contribution in [1.29, 1.82) is 0 Å². The van der Waals surface area contributed by atoms with Crippen LogP contribution in [0.2, 0.25) is 0 Å². The molecule has 2 saturated heterocycles. The summed E-state index contributed by atoms with van der Waals surface area (Å²) in [5.74, 6) is -4.05. The number of carbonyl (C=O) groups excluding carboxylic acids is 3. The van der Waals surface area contributed by atoms with Crippen LogP contribution in [0.1, 0.15) is 58.9 Å². The summed E-state index contributed by atoms with van der Waals surface area (Å²) in [5.41, 5.74) is -1.00. The van der Waals surface area contributed by atoms with Crippen molar-refractivity contribution >= 4 is 17.9 Å². The van der Waals surface area contributed by atoms with E-state index in [1.165, 1.54) is 4.90 Å². The van der Waals surface area contributed by atoms with Gasteiger partial charge in [-0.25, -0.2) is 18.0 Å². The molecule has 0 unspecified atom stereocenters. The minimum Gasteiger partial charge on any atom is -0.444 e. The summed E-state index contributed by atoms with van der Waals surface area (Å²) in [7, 11) is 0. The molecule has 2 fully saturated rings. The Kier molecular flexibility index (Phi) is 7.77. The predicted molar refractivity (Wildman–Crippen MR) is 118 cm³/mol. The fourth-order valence-corrected chi connectivity index (χ4v) is 4.58. The molecule has 1 aromatic rings. The van der Waals surface area contributed by atoms with Crippen LogP contribution in [0.3, 0.4) is 0 Å². The third kappa shape index (κ3) is 6.21. The maximum absolute atomic E-state index is 14.3. The quantitative estimate of drug-likeness (QED) is 0.650. The maximum atomic E-state index is 14.3. The molecule has 188 valence electrons. The first-order valence-electron chi connectivity index (χ1n) is 11.6. The number of fused-ring (bicyclic) bond motifs is 1. The fraction of sp³-hybridized carbons (Fsp3) is 0.625. The van der Waals surface area contributed by atoms with E-state index in [1.54, 1.807) is 27.7 Å². The van der Waals surface area contributed by atoms with Gasteiger partial charge in [0, 0.05) is 37.7 Å². The van der Waals surface area contributed by atoms with Crippen LogP contribution in [0.4, 0.5) is 18.0 Å².